The van der Waals surface area contributed by atoms with E-state index in [0.717, 1.165) is 0 Å². The van der Waals surface area contributed by atoms with Crippen LogP contribution in [0, 0.1) is 0 Å². The minimum atomic E-state index is -0.736. The molecule has 0 radical (unpaired) electrons. The quantitative estimate of drug-likeness (QED) is 0.650. The molecular formula is C21H18Zr. The van der Waals surface area contributed by atoms with E-state index in [4.69, 9.17) is 0 Å². The molecule has 0 atom stereocenters. The molecule has 2 aliphatic rings. The van der Waals surface area contributed by atoms with Gasteiger partial charge in [0, 0.05) is 0 Å². The van der Waals surface area contributed by atoms with Crippen molar-refractivity contribution in [1.82, 2.24) is 0 Å². The maximum absolute atomic E-state index is 2.36. The molecule has 106 valence electrons. The van der Waals surface area contributed by atoms with Crippen LogP contribution >= 0.6 is 0 Å². The zero-order chi connectivity index (χ0) is 15.1. The van der Waals surface area contributed by atoms with Gasteiger partial charge in [0.25, 0.3) is 0 Å². The number of rotatable bonds is 2. The van der Waals surface area contributed by atoms with Gasteiger partial charge < -0.3 is 0 Å². The van der Waals surface area contributed by atoms with E-state index in [2.05, 4.69) is 80.6 Å². The Labute approximate surface area is 143 Å². The first-order chi connectivity index (χ1) is 10.8. The summed E-state index contributed by atoms with van der Waals surface area (Å²) in [6, 6.07) is 18.0. The van der Waals surface area contributed by atoms with Crippen molar-refractivity contribution in [2.45, 2.75) is 17.5 Å². The molecule has 22 heavy (non-hydrogen) atoms. The molecule has 0 saturated carbocycles. The number of hydrogen-bond donors (Lipinski definition) is 0. The molecule has 0 bridgehead atoms. The Kier molecular flexibility index (Phi) is 3.62. The summed E-state index contributed by atoms with van der Waals surface area (Å²) in [6.45, 7) is 4.46. The molecule has 1 heteroatoms. The molecule has 0 N–H and O–H groups in total. The van der Waals surface area contributed by atoms with E-state index < -0.39 is 23.2 Å². The van der Waals surface area contributed by atoms with Crippen molar-refractivity contribution in [3.8, 4) is 11.1 Å². The van der Waals surface area contributed by atoms with Crippen LogP contribution in [0.4, 0.5) is 0 Å². The summed E-state index contributed by atoms with van der Waals surface area (Å²) < 4.78 is 2.29. The summed E-state index contributed by atoms with van der Waals surface area (Å²) in [5.41, 5.74) is 8.95. The van der Waals surface area contributed by atoms with Crippen molar-refractivity contribution in [1.29, 1.82) is 0 Å². The van der Waals surface area contributed by atoms with Gasteiger partial charge in [-0.15, -0.1) is 0 Å². The molecule has 0 aromatic heterocycles. The molecule has 0 unspecified atom stereocenters. The van der Waals surface area contributed by atoms with E-state index in [1.165, 1.54) is 22.3 Å². The third-order valence-corrected chi connectivity index (χ3v) is 8.56. The molecule has 0 spiro atoms. The van der Waals surface area contributed by atoms with Gasteiger partial charge in [-0.05, 0) is 0 Å². The average molecular weight is 362 g/mol. The third-order valence-electron chi connectivity index (χ3n) is 4.49. The van der Waals surface area contributed by atoms with E-state index in [9.17, 15) is 0 Å². The zero-order valence-electron chi connectivity index (χ0n) is 12.9. The van der Waals surface area contributed by atoms with Crippen LogP contribution < -0.4 is 0 Å². The fourth-order valence-corrected chi connectivity index (χ4v) is 7.89. The van der Waals surface area contributed by atoms with Gasteiger partial charge in [-0.1, -0.05) is 0 Å². The van der Waals surface area contributed by atoms with Crippen LogP contribution in [0.2, 0.25) is 0 Å². The number of hydrogen-bond acceptors (Lipinski definition) is 0. The number of allylic oxidation sites excluding steroid dienone is 6. The molecule has 0 heterocycles. The fraction of sp³-hybridized carbons (Fsp3) is 0.143. The van der Waals surface area contributed by atoms with Crippen molar-refractivity contribution in [3.63, 3.8) is 0 Å². The molecule has 4 rings (SSSR count). The predicted octanol–water partition coefficient (Wildman–Crippen LogP) is 5.63. The summed E-state index contributed by atoms with van der Waals surface area (Å²) in [6.07, 6.45) is 6.88. The predicted molar refractivity (Wildman–Crippen MR) is 89.3 cm³/mol. The van der Waals surface area contributed by atoms with E-state index in [0.29, 0.717) is 3.63 Å². The fourth-order valence-electron chi connectivity index (χ4n) is 3.45. The van der Waals surface area contributed by atoms with E-state index in [1.807, 2.05) is 0 Å². The summed E-state index contributed by atoms with van der Waals surface area (Å²) in [5, 5.41) is 0. The second kappa shape index (κ2) is 5.63. The molecule has 0 saturated heterocycles. The molecule has 0 fully saturated rings. The number of fused-ring (bicyclic) bond motifs is 3. The molecule has 2 aromatic carbocycles. The zero-order valence-corrected chi connectivity index (χ0v) is 15.4. The van der Waals surface area contributed by atoms with Crippen LogP contribution in [0.3, 0.4) is 0 Å². The molecule has 0 aliphatic heterocycles. The van der Waals surface area contributed by atoms with E-state index in [-0.39, 0.29) is 0 Å². The summed E-state index contributed by atoms with van der Waals surface area (Å²) in [4.78, 5) is 0. The van der Waals surface area contributed by atoms with Crippen LogP contribution in [0.25, 0.3) is 11.1 Å². The monoisotopic (exact) mass is 360 g/mol. The Morgan fingerprint density at radius 3 is 2.05 bits per heavy atom. The van der Waals surface area contributed by atoms with Crippen molar-refractivity contribution in [2.75, 3.05) is 0 Å². The topological polar surface area (TPSA) is 0 Å². The Balaban J connectivity index is 1.79. The van der Waals surface area contributed by atoms with Gasteiger partial charge in [-0.3, -0.25) is 0 Å². The summed E-state index contributed by atoms with van der Waals surface area (Å²) in [7, 11) is 0. The Morgan fingerprint density at radius 1 is 0.864 bits per heavy atom. The van der Waals surface area contributed by atoms with Gasteiger partial charge in [0.2, 0.25) is 0 Å². The van der Waals surface area contributed by atoms with Crippen LogP contribution in [-0.4, -0.2) is 0 Å². The molecule has 0 amide bonds. The second-order valence-corrected chi connectivity index (χ2v) is 9.56. The van der Waals surface area contributed by atoms with E-state index in [1.54, 1.807) is 14.4 Å². The minimum absolute atomic E-state index is 0.650. The molecule has 2 aliphatic carbocycles. The van der Waals surface area contributed by atoms with Crippen LogP contribution in [-0.2, 0) is 23.2 Å². The number of benzene rings is 2. The SMILES string of the molecule is CC(C)=C1C=CC=[C]1[Zr][CH]1c2ccccc2-c2ccccc21. The normalized spacial score (nSPS) is 15.5. The van der Waals surface area contributed by atoms with Crippen LogP contribution in [0.15, 0.2) is 81.2 Å². The van der Waals surface area contributed by atoms with Gasteiger partial charge in [-0.25, -0.2) is 0 Å². The standard InChI is InChI=1S/C13H9.C8H9.Zr/c1-3-7-12-10(5-1)9-11-6-2-4-8-13(11)12;1-7(2)8-5-3-4-6-8;/h1-9H;3-5H,1-2H3;. The van der Waals surface area contributed by atoms with Crippen molar-refractivity contribution in [2.24, 2.45) is 0 Å². The van der Waals surface area contributed by atoms with Crippen LogP contribution in [0.1, 0.15) is 28.6 Å². The van der Waals surface area contributed by atoms with Crippen molar-refractivity contribution >= 4 is 0 Å². The Hall–Kier alpha value is -1.46. The first kappa shape index (κ1) is 14.2. The van der Waals surface area contributed by atoms with Crippen LogP contribution in [0.5, 0.6) is 0 Å². The average Bonchev–Trinajstić information content (AvgIpc) is 3.12. The van der Waals surface area contributed by atoms with Gasteiger partial charge in [0.1, 0.15) is 0 Å². The van der Waals surface area contributed by atoms with Gasteiger partial charge >= 0.3 is 144 Å². The van der Waals surface area contributed by atoms with Crippen molar-refractivity contribution < 1.29 is 23.2 Å². The molecule has 0 nitrogen and oxygen atoms in total. The first-order valence-corrected chi connectivity index (χ1v) is 10.4. The molecule has 2 aromatic rings. The van der Waals surface area contributed by atoms with Crippen molar-refractivity contribution in [3.05, 3.63) is 92.3 Å². The van der Waals surface area contributed by atoms with Gasteiger partial charge in [0.05, 0.1) is 0 Å². The first-order valence-electron chi connectivity index (χ1n) is 7.76. The Bertz CT molecular complexity index is 787. The second-order valence-electron chi connectivity index (χ2n) is 6.10. The third kappa shape index (κ3) is 2.23. The maximum atomic E-state index is 2.36. The molecular weight excluding hydrogens is 343 g/mol. The van der Waals surface area contributed by atoms with Gasteiger partial charge in [0.15, 0.2) is 0 Å². The van der Waals surface area contributed by atoms with Gasteiger partial charge in [-0.2, -0.15) is 0 Å². The Morgan fingerprint density at radius 2 is 1.45 bits per heavy atom. The van der Waals surface area contributed by atoms with E-state index >= 15 is 0 Å². The summed E-state index contributed by atoms with van der Waals surface area (Å²) >= 11 is -0.736. The summed E-state index contributed by atoms with van der Waals surface area (Å²) in [5.74, 6) is 0.